The van der Waals surface area contributed by atoms with Crippen LogP contribution in [-0.4, -0.2) is 20.5 Å². The lowest BCUT2D eigenvalue weighted by molar-refractivity contribution is 0.113. The van der Waals surface area contributed by atoms with Crippen molar-refractivity contribution in [1.82, 2.24) is 9.66 Å². The number of benzene rings is 3. The third-order valence-electron chi connectivity index (χ3n) is 6.33. The van der Waals surface area contributed by atoms with Gasteiger partial charge in [-0.05, 0) is 28.3 Å². The first-order chi connectivity index (χ1) is 17.1. The van der Waals surface area contributed by atoms with E-state index in [1.807, 2.05) is 102 Å². The SMILES string of the molecule is O=c1c2c(-c3ccccc3)csc2ncn1/N=C1/C=C(c2ccccc2)C(O)(c2ccccc2)C1. The molecule has 170 valence electrons. The molecule has 1 atom stereocenters. The summed E-state index contributed by atoms with van der Waals surface area (Å²) in [6.45, 7) is 0. The monoisotopic (exact) mass is 475 g/mol. The molecule has 2 aromatic heterocycles. The minimum Gasteiger partial charge on any atom is -0.380 e. The lowest BCUT2D eigenvalue weighted by atomic mass is 9.84. The molecule has 3 aromatic carbocycles. The van der Waals surface area contributed by atoms with Gasteiger partial charge in [-0.2, -0.15) is 9.78 Å². The average molecular weight is 476 g/mol. The van der Waals surface area contributed by atoms with E-state index in [9.17, 15) is 9.90 Å². The molecule has 0 spiro atoms. The second-order valence-corrected chi connectivity index (χ2v) is 9.37. The fourth-order valence-electron chi connectivity index (χ4n) is 4.63. The van der Waals surface area contributed by atoms with Gasteiger partial charge in [0, 0.05) is 17.4 Å². The van der Waals surface area contributed by atoms with E-state index < -0.39 is 5.60 Å². The van der Waals surface area contributed by atoms with Crippen molar-refractivity contribution in [2.24, 2.45) is 5.10 Å². The first kappa shape index (κ1) is 21.4. The highest BCUT2D eigenvalue weighted by Crippen LogP contribution is 2.44. The molecule has 0 saturated heterocycles. The number of aromatic nitrogens is 2. The highest BCUT2D eigenvalue weighted by atomic mass is 32.1. The molecular formula is C29H21N3O2S. The van der Waals surface area contributed by atoms with Gasteiger partial charge in [0.15, 0.2) is 0 Å². The van der Waals surface area contributed by atoms with Crippen LogP contribution in [0.15, 0.2) is 119 Å². The molecule has 0 fully saturated rings. The molecule has 5 nitrogen and oxygen atoms in total. The molecule has 1 aliphatic rings. The van der Waals surface area contributed by atoms with Crippen LogP contribution in [-0.2, 0) is 5.60 Å². The standard InChI is InChI=1S/C29H21N3O2S/c33-28-26-24(20-10-4-1-5-11-20)18-35-27(26)30-19-32(28)31-23-16-25(21-12-6-2-7-13-21)29(34,17-23)22-14-8-3-9-15-22/h1-16,18-19,34H,17H2/b31-23-. The number of hydrogen-bond donors (Lipinski definition) is 1. The summed E-state index contributed by atoms with van der Waals surface area (Å²) in [5.41, 5.74) is 3.40. The van der Waals surface area contributed by atoms with Crippen molar-refractivity contribution >= 4 is 32.8 Å². The van der Waals surface area contributed by atoms with Crippen LogP contribution in [0.2, 0.25) is 0 Å². The highest BCUT2D eigenvalue weighted by molar-refractivity contribution is 7.17. The maximum Gasteiger partial charge on any atom is 0.283 e. The van der Waals surface area contributed by atoms with E-state index in [1.165, 1.54) is 22.3 Å². The normalized spacial score (nSPS) is 18.8. The predicted octanol–water partition coefficient (Wildman–Crippen LogP) is 5.70. The van der Waals surface area contributed by atoms with Crippen molar-refractivity contribution in [3.8, 4) is 11.1 Å². The summed E-state index contributed by atoms with van der Waals surface area (Å²) in [5, 5.41) is 19.0. The van der Waals surface area contributed by atoms with Gasteiger partial charge in [-0.15, -0.1) is 11.3 Å². The minimum atomic E-state index is -1.25. The molecule has 6 heteroatoms. The number of nitrogens with zero attached hydrogens (tertiary/aromatic N) is 3. The summed E-state index contributed by atoms with van der Waals surface area (Å²) in [5.74, 6) is 0. The summed E-state index contributed by atoms with van der Waals surface area (Å²) in [6.07, 6.45) is 3.59. The van der Waals surface area contributed by atoms with Gasteiger partial charge < -0.3 is 5.11 Å². The van der Waals surface area contributed by atoms with E-state index in [-0.39, 0.29) is 12.0 Å². The zero-order chi connectivity index (χ0) is 23.8. The zero-order valence-electron chi connectivity index (χ0n) is 18.7. The van der Waals surface area contributed by atoms with Gasteiger partial charge in [-0.1, -0.05) is 91.0 Å². The molecule has 0 radical (unpaired) electrons. The Morgan fingerprint density at radius 3 is 2.20 bits per heavy atom. The largest absolute Gasteiger partial charge is 0.380 e. The van der Waals surface area contributed by atoms with E-state index in [0.29, 0.717) is 15.9 Å². The summed E-state index contributed by atoms with van der Waals surface area (Å²) in [4.78, 5) is 18.7. The molecule has 1 N–H and O–H groups in total. The first-order valence-corrected chi connectivity index (χ1v) is 12.2. The van der Waals surface area contributed by atoms with Crippen molar-refractivity contribution in [1.29, 1.82) is 0 Å². The summed E-state index contributed by atoms with van der Waals surface area (Å²) in [6, 6.07) is 29.2. The lowest BCUT2D eigenvalue weighted by Gasteiger charge is -2.27. The van der Waals surface area contributed by atoms with E-state index in [0.717, 1.165) is 27.8 Å². The van der Waals surface area contributed by atoms with Crippen LogP contribution in [0.3, 0.4) is 0 Å². The third kappa shape index (κ3) is 3.73. The molecule has 0 amide bonds. The van der Waals surface area contributed by atoms with Gasteiger partial charge in [0.1, 0.15) is 16.8 Å². The number of fused-ring (bicyclic) bond motifs is 1. The average Bonchev–Trinajstić information content (AvgIpc) is 3.49. The van der Waals surface area contributed by atoms with Gasteiger partial charge in [-0.3, -0.25) is 4.79 Å². The first-order valence-electron chi connectivity index (χ1n) is 11.3. The van der Waals surface area contributed by atoms with Crippen molar-refractivity contribution in [3.63, 3.8) is 0 Å². The van der Waals surface area contributed by atoms with Gasteiger partial charge in [0.2, 0.25) is 0 Å². The number of hydrogen-bond acceptors (Lipinski definition) is 5. The molecule has 35 heavy (non-hydrogen) atoms. The van der Waals surface area contributed by atoms with Crippen LogP contribution < -0.4 is 5.56 Å². The summed E-state index contributed by atoms with van der Waals surface area (Å²) >= 11 is 1.44. The van der Waals surface area contributed by atoms with Gasteiger partial charge in [-0.25, -0.2) is 4.98 Å². The maximum absolute atomic E-state index is 13.5. The molecule has 0 aliphatic heterocycles. The van der Waals surface area contributed by atoms with E-state index in [2.05, 4.69) is 10.1 Å². The molecule has 2 heterocycles. The van der Waals surface area contributed by atoms with Crippen LogP contribution in [0.5, 0.6) is 0 Å². The smallest absolute Gasteiger partial charge is 0.283 e. The molecule has 5 aromatic rings. The van der Waals surface area contributed by atoms with Crippen molar-refractivity contribution in [2.45, 2.75) is 12.0 Å². The lowest BCUT2D eigenvalue weighted by Crippen LogP contribution is -2.26. The zero-order valence-corrected chi connectivity index (χ0v) is 19.5. The van der Waals surface area contributed by atoms with Gasteiger partial charge >= 0.3 is 0 Å². The Kier molecular flexibility index (Phi) is 5.25. The van der Waals surface area contributed by atoms with Crippen molar-refractivity contribution in [3.05, 3.63) is 130 Å². The number of thiophene rings is 1. The number of rotatable bonds is 4. The molecular weight excluding hydrogens is 454 g/mol. The summed E-state index contributed by atoms with van der Waals surface area (Å²) < 4.78 is 1.28. The van der Waals surface area contributed by atoms with Crippen LogP contribution in [0.1, 0.15) is 17.5 Å². The fourth-order valence-corrected chi connectivity index (χ4v) is 5.54. The number of aliphatic hydroxyl groups is 1. The second-order valence-electron chi connectivity index (χ2n) is 8.51. The Labute approximate surface area is 206 Å². The predicted molar refractivity (Wildman–Crippen MR) is 142 cm³/mol. The Bertz CT molecular complexity index is 1640. The van der Waals surface area contributed by atoms with Crippen molar-refractivity contribution in [2.75, 3.05) is 0 Å². The Morgan fingerprint density at radius 1 is 0.886 bits per heavy atom. The number of allylic oxidation sites excluding steroid dienone is 1. The van der Waals surface area contributed by atoms with Gasteiger partial charge in [0.25, 0.3) is 5.56 Å². The maximum atomic E-state index is 13.5. The molecule has 6 rings (SSSR count). The minimum absolute atomic E-state index is 0.229. The highest BCUT2D eigenvalue weighted by Gasteiger charge is 2.40. The Morgan fingerprint density at radius 2 is 1.51 bits per heavy atom. The van der Waals surface area contributed by atoms with Crippen molar-refractivity contribution < 1.29 is 5.11 Å². The van der Waals surface area contributed by atoms with E-state index in [1.54, 1.807) is 0 Å². The van der Waals surface area contributed by atoms with Crippen LogP contribution in [0, 0.1) is 0 Å². The third-order valence-corrected chi connectivity index (χ3v) is 7.21. The molecule has 0 bridgehead atoms. The van der Waals surface area contributed by atoms with Gasteiger partial charge in [0.05, 0.1) is 11.1 Å². The molecule has 1 unspecified atom stereocenters. The van der Waals surface area contributed by atoms with E-state index in [4.69, 9.17) is 0 Å². The second kappa shape index (κ2) is 8.58. The van der Waals surface area contributed by atoms with Crippen LogP contribution in [0.4, 0.5) is 0 Å². The fraction of sp³-hybridized carbons (Fsp3) is 0.0690. The Hall–Kier alpha value is -4.13. The molecule has 1 aliphatic carbocycles. The summed E-state index contributed by atoms with van der Waals surface area (Å²) in [7, 11) is 0. The van der Waals surface area contributed by atoms with E-state index >= 15 is 0 Å². The van der Waals surface area contributed by atoms with Crippen LogP contribution >= 0.6 is 11.3 Å². The molecule has 0 saturated carbocycles. The quantitative estimate of drug-likeness (QED) is 0.362. The Balaban J connectivity index is 1.48. The topological polar surface area (TPSA) is 67.5 Å². The van der Waals surface area contributed by atoms with Crippen LogP contribution in [0.25, 0.3) is 26.9 Å².